The van der Waals surface area contributed by atoms with Crippen LogP contribution in [0.25, 0.3) is 0 Å². The van der Waals surface area contributed by atoms with Crippen molar-refractivity contribution in [3.05, 3.63) is 52.2 Å². The average Bonchev–Trinajstić information content (AvgIpc) is 3.30. The highest BCUT2D eigenvalue weighted by Gasteiger charge is 2.33. The maximum absolute atomic E-state index is 12.1. The fraction of sp³-hybridized carbons (Fsp3) is 0.316. The van der Waals surface area contributed by atoms with Crippen LogP contribution in [0.2, 0.25) is 0 Å². The Morgan fingerprint density at radius 1 is 1.27 bits per heavy atom. The molecule has 1 aromatic carbocycles. The summed E-state index contributed by atoms with van der Waals surface area (Å²) in [5.74, 6) is -0.00569. The van der Waals surface area contributed by atoms with Crippen molar-refractivity contribution in [1.82, 2.24) is 5.01 Å². The molecule has 0 spiro atoms. The summed E-state index contributed by atoms with van der Waals surface area (Å²) < 4.78 is 10.6. The molecule has 0 fully saturated rings. The fourth-order valence-corrected chi connectivity index (χ4v) is 3.58. The van der Waals surface area contributed by atoms with Crippen molar-refractivity contribution in [2.75, 3.05) is 13.2 Å². The molecule has 1 aliphatic heterocycles. The second kappa shape index (κ2) is 8.14. The van der Waals surface area contributed by atoms with Gasteiger partial charge >= 0.3 is 5.97 Å². The second-order valence-electron chi connectivity index (χ2n) is 5.74. The molecule has 136 valence electrons. The van der Waals surface area contributed by atoms with Gasteiger partial charge in [-0.05, 0) is 24.4 Å². The van der Waals surface area contributed by atoms with Crippen LogP contribution in [0.15, 0.2) is 46.9 Å². The number of rotatable bonds is 6. The third kappa shape index (κ3) is 3.94. The summed E-state index contributed by atoms with van der Waals surface area (Å²) in [4.78, 5) is 24.8. The lowest BCUT2D eigenvalue weighted by Crippen LogP contribution is -2.25. The van der Waals surface area contributed by atoms with Crippen LogP contribution in [0.5, 0.6) is 5.75 Å². The molecule has 0 saturated carbocycles. The normalized spacial score (nSPS) is 16.3. The molecule has 1 aromatic heterocycles. The van der Waals surface area contributed by atoms with Gasteiger partial charge in [0.25, 0.3) is 0 Å². The second-order valence-corrected chi connectivity index (χ2v) is 6.69. The Morgan fingerprint density at radius 2 is 2.08 bits per heavy atom. The molecule has 1 atom stereocenters. The lowest BCUT2D eigenvalue weighted by atomic mass is 10.00. The van der Waals surface area contributed by atoms with E-state index in [-0.39, 0.29) is 18.6 Å². The summed E-state index contributed by atoms with van der Waals surface area (Å²) in [6.07, 6.45) is 0.597. The zero-order valence-corrected chi connectivity index (χ0v) is 15.5. The summed E-state index contributed by atoms with van der Waals surface area (Å²) in [5.41, 5.74) is 1.70. The molecule has 3 rings (SSSR count). The van der Waals surface area contributed by atoms with Crippen molar-refractivity contribution in [3.63, 3.8) is 0 Å². The number of hydrogen-bond donors (Lipinski definition) is 0. The highest BCUT2D eigenvalue weighted by molar-refractivity contribution is 7.12. The molecular weight excluding hydrogens is 352 g/mol. The van der Waals surface area contributed by atoms with E-state index in [1.54, 1.807) is 24.3 Å². The Hall–Kier alpha value is -2.67. The van der Waals surface area contributed by atoms with Crippen LogP contribution in [0.1, 0.15) is 36.8 Å². The molecule has 0 radical (unpaired) electrons. The monoisotopic (exact) mass is 372 g/mol. The number of hydrogen-bond acceptors (Lipinski definition) is 6. The number of carbonyl (C=O) groups is 2. The van der Waals surface area contributed by atoms with Gasteiger partial charge in [0.15, 0.2) is 6.61 Å². The van der Waals surface area contributed by atoms with Crippen molar-refractivity contribution in [2.45, 2.75) is 26.3 Å². The van der Waals surface area contributed by atoms with Crippen LogP contribution in [-0.2, 0) is 14.3 Å². The van der Waals surface area contributed by atoms with E-state index in [4.69, 9.17) is 9.47 Å². The number of hydrazone groups is 1. The van der Waals surface area contributed by atoms with E-state index in [2.05, 4.69) is 5.10 Å². The summed E-state index contributed by atoms with van der Waals surface area (Å²) in [6, 6.07) is 11.1. The summed E-state index contributed by atoms with van der Waals surface area (Å²) in [5, 5.41) is 7.99. The Bertz CT molecular complexity index is 817. The zero-order chi connectivity index (χ0) is 18.5. The first-order valence-electron chi connectivity index (χ1n) is 8.38. The third-order valence-corrected chi connectivity index (χ3v) is 4.89. The zero-order valence-electron chi connectivity index (χ0n) is 14.7. The lowest BCUT2D eigenvalue weighted by molar-refractivity contribution is -0.145. The maximum atomic E-state index is 12.1. The molecule has 0 aliphatic carbocycles. The number of benzene rings is 1. The molecular formula is C19H20N2O4S. The number of carbonyl (C=O) groups excluding carboxylic acids is 2. The average molecular weight is 372 g/mol. The first-order valence-corrected chi connectivity index (χ1v) is 9.26. The van der Waals surface area contributed by atoms with Gasteiger partial charge in [-0.2, -0.15) is 5.10 Å². The maximum Gasteiger partial charge on any atom is 0.344 e. The largest absolute Gasteiger partial charge is 0.482 e. The van der Waals surface area contributed by atoms with E-state index >= 15 is 0 Å². The van der Waals surface area contributed by atoms with E-state index in [0.29, 0.717) is 18.8 Å². The first kappa shape index (κ1) is 18.1. The molecule has 7 heteroatoms. The van der Waals surface area contributed by atoms with Gasteiger partial charge in [-0.1, -0.05) is 24.3 Å². The van der Waals surface area contributed by atoms with Crippen LogP contribution >= 0.6 is 11.3 Å². The number of amides is 1. The molecule has 6 nitrogen and oxygen atoms in total. The quantitative estimate of drug-likeness (QED) is 0.729. The van der Waals surface area contributed by atoms with Crippen molar-refractivity contribution >= 4 is 28.9 Å². The summed E-state index contributed by atoms with van der Waals surface area (Å²) >= 11 is 1.59. The van der Waals surface area contributed by atoms with Gasteiger partial charge in [-0.3, -0.25) is 4.79 Å². The molecule has 0 saturated heterocycles. The molecule has 1 amide bonds. The Kier molecular flexibility index (Phi) is 5.68. The van der Waals surface area contributed by atoms with Gasteiger partial charge in [-0.15, -0.1) is 11.3 Å². The van der Waals surface area contributed by atoms with Crippen molar-refractivity contribution < 1.29 is 19.1 Å². The van der Waals surface area contributed by atoms with Gasteiger partial charge in [0.2, 0.25) is 5.91 Å². The number of para-hydroxylation sites is 1. The molecule has 1 unspecified atom stereocenters. The van der Waals surface area contributed by atoms with Gasteiger partial charge in [0.1, 0.15) is 5.75 Å². The van der Waals surface area contributed by atoms with E-state index in [9.17, 15) is 9.59 Å². The van der Waals surface area contributed by atoms with Crippen molar-refractivity contribution in [2.24, 2.45) is 5.10 Å². The third-order valence-electron chi connectivity index (χ3n) is 3.97. The predicted molar refractivity (Wildman–Crippen MR) is 99.3 cm³/mol. The number of thiophene rings is 1. The Labute approximate surface area is 156 Å². The predicted octanol–water partition coefficient (Wildman–Crippen LogP) is 3.39. The SMILES string of the molecule is CCOC(=O)COc1ccccc1C1CC(c2cccs2)=NN1C(C)=O. The van der Waals surface area contributed by atoms with Gasteiger partial charge in [0, 0.05) is 18.9 Å². The van der Waals surface area contributed by atoms with E-state index in [1.807, 2.05) is 35.7 Å². The van der Waals surface area contributed by atoms with Gasteiger partial charge in [0.05, 0.1) is 23.2 Å². The highest BCUT2D eigenvalue weighted by Crippen LogP contribution is 2.38. The smallest absolute Gasteiger partial charge is 0.344 e. The van der Waals surface area contributed by atoms with Crippen LogP contribution in [-0.4, -0.2) is 35.8 Å². The minimum atomic E-state index is -0.423. The standard InChI is InChI=1S/C19H20N2O4S/c1-3-24-19(23)12-25-17-8-5-4-7-14(17)16-11-15(18-9-6-10-26-18)20-21(16)13(2)22/h4-10,16H,3,11-12H2,1-2H3. The van der Waals surface area contributed by atoms with E-state index < -0.39 is 5.97 Å². The summed E-state index contributed by atoms with van der Waals surface area (Å²) in [6.45, 7) is 3.38. The van der Waals surface area contributed by atoms with E-state index in [1.165, 1.54) is 11.9 Å². The summed E-state index contributed by atoms with van der Waals surface area (Å²) in [7, 11) is 0. The number of ether oxygens (including phenoxy) is 2. The lowest BCUT2D eigenvalue weighted by Gasteiger charge is -2.22. The van der Waals surface area contributed by atoms with Gasteiger partial charge < -0.3 is 9.47 Å². The molecule has 2 aromatic rings. The Balaban J connectivity index is 1.84. The van der Waals surface area contributed by atoms with Crippen LogP contribution in [0.4, 0.5) is 0 Å². The number of esters is 1. The minimum absolute atomic E-state index is 0.137. The van der Waals surface area contributed by atoms with Crippen molar-refractivity contribution in [1.29, 1.82) is 0 Å². The molecule has 1 aliphatic rings. The Morgan fingerprint density at radius 3 is 2.77 bits per heavy atom. The van der Waals surface area contributed by atoms with Gasteiger partial charge in [-0.25, -0.2) is 9.80 Å². The molecule has 26 heavy (non-hydrogen) atoms. The molecule has 2 heterocycles. The minimum Gasteiger partial charge on any atom is -0.482 e. The molecule has 0 N–H and O–H groups in total. The van der Waals surface area contributed by atoms with Crippen LogP contribution in [0.3, 0.4) is 0 Å². The highest BCUT2D eigenvalue weighted by atomic mass is 32.1. The van der Waals surface area contributed by atoms with Crippen LogP contribution < -0.4 is 4.74 Å². The fourth-order valence-electron chi connectivity index (χ4n) is 2.86. The molecule has 0 bridgehead atoms. The van der Waals surface area contributed by atoms with E-state index in [0.717, 1.165) is 16.2 Å². The van der Waals surface area contributed by atoms with Crippen molar-refractivity contribution in [3.8, 4) is 5.75 Å². The topological polar surface area (TPSA) is 68.2 Å². The number of nitrogens with zero attached hydrogens (tertiary/aromatic N) is 2. The first-order chi connectivity index (χ1) is 12.6. The van der Waals surface area contributed by atoms with Crippen LogP contribution in [0, 0.1) is 0 Å².